The summed E-state index contributed by atoms with van der Waals surface area (Å²) in [5.41, 5.74) is 1.16. The van der Waals surface area contributed by atoms with E-state index in [4.69, 9.17) is 15.3 Å². The Morgan fingerprint density at radius 1 is 0.765 bits per heavy atom. The topological polar surface area (TPSA) is 60.7 Å². The Bertz CT molecular complexity index is 286. The Hall–Kier alpha value is -0.940. The molecule has 0 fully saturated rings. The van der Waals surface area contributed by atoms with Crippen molar-refractivity contribution in [1.82, 2.24) is 0 Å². The minimum Gasteiger partial charge on any atom is -0.391 e. The molecular formula is C13H22NO3+. The van der Waals surface area contributed by atoms with E-state index in [1.165, 1.54) is 0 Å². The first-order valence-corrected chi connectivity index (χ1v) is 5.98. The highest BCUT2D eigenvalue weighted by molar-refractivity contribution is 5.13. The van der Waals surface area contributed by atoms with Gasteiger partial charge in [-0.1, -0.05) is 30.3 Å². The van der Waals surface area contributed by atoms with Crippen molar-refractivity contribution in [3.63, 3.8) is 0 Å². The molecule has 4 nitrogen and oxygen atoms in total. The van der Waals surface area contributed by atoms with E-state index in [0.717, 1.165) is 12.1 Å². The molecule has 0 saturated carbocycles. The first-order valence-electron chi connectivity index (χ1n) is 5.98. The van der Waals surface area contributed by atoms with Gasteiger partial charge in [-0.15, -0.1) is 0 Å². The molecule has 1 aromatic rings. The second-order valence-corrected chi connectivity index (χ2v) is 4.33. The Kier molecular flexibility index (Phi) is 6.15. The van der Waals surface area contributed by atoms with Gasteiger partial charge >= 0.3 is 0 Å². The smallest absolute Gasteiger partial charge is 0.105 e. The average Bonchev–Trinajstić information content (AvgIpc) is 2.31. The van der Waals surface area contributed by atoms with Crippen LogP contribution in [0.2, 0.25) is 0 Å². The van der Waals surface area contributed by atoms with Crippen molar-refractivity contribution >= 4 is 0 Å². The number of nitrogens with zero attached hydrogens (tertiary/aromatic N) is 1. The van der Waals surface area contributed by atoms with Gasteiger partial charge in [0, 0.05) is 5.56 Å². The van der Waals surface area contributed by atoms with E-state index in [2.05, 4.69) is 0 Å². The number of quaternary nitrogens is 1. The minimum atomic E-state index is 0.0623. The molecule has 0 unspecified atom stereocenters. The normalized spacial score (nSPS) is 11.7. The highest BCUT2D eigenvalue weighted by Gasteiger charge is 2.26. The Morgan fingerprint density at radius 2 is 1.24 bits per heavy atom. The van der Waals surface area contributed by atoms with Crippen LogP contribution < -0.4 is 0 Å². The SMILES string of the molecule is OCC[N+](CCO)(CCO)Cc1ccccc1. The van der Waals surface area contributed by atoms with Gasteiger partial charge in [0.15, 0.2) is 0 Å². The summed E-state index contributed by atoms with van der Waals surface area (Å²) in [6, 6.07) is 9.96. The molecule has 1 aromatic carbocycles. The van der Waals surface area contributed by atoms with E-state index in [1.54, 1.807) is 0 Å². The molecule has 0 aliphatic rings. The molecule has 17 heavy (non-hydrogen) atoms. The van der Waals surface area contributed by atoms with Crippen LogP contribution in [0.15, 0.2) is 30.3 Å². The molecular weight excluding hydrogens is 218 g/mol. The predicted molar refractivity (Wildman–Crippen MR) is 66.3 cm³/mol. The maximum atomic E-state index is 9.15. The number of hydrogen-bond donors (Lipinski definition) is 3. The van der Waals surface area contributed by atoms with Gasteiger partial charge in [0.1, 0.15) is 26.2 Å². The third-order valence-corrected chi connectivity index (χ3v) is 3.08. The number of hydrogen-bond acceptors (Lipinski definition) is 3. The summed E-state index contributed by atoms with van der Waals surface area (Å²) in [7, 11) is 0. The van der Waals surface area contributed by atoms with E-state index in [1.807, 2.05) is 30.3 Å². The zero-order valence-electron chi connectivity index (χ0n) is 10.1. The van der Waals surface area contributed by atoms with Crippen LogP contribution in [0.4, 0.5) is 0 Å². The van der Waals surface area contributed by atoms with E-state index in [0.29, 0.717) is 24.1 Å². The maximum absolute atomic E-state index is 9.15. The third kappa shape index (κ3) is 4.44. The summed E-state index contributed by atoms with van der Waals surface area (Å²) < 4.78 is 0.521. The largest absolute Gasteiger partial charge is 0.391 e. The molecule has 0 saturated heterocycles. The first kappa shape index (κ1) is 14.1. The monoisotopic (exact) mass is 240 g/mol. The van der Waals surface area contributed by atoms with Crippen molar-refractivity contribution in [1.29, 1.82) is 0 Å². The Balaban J connectivity index is 2.80. The molecule has 0 atom stereocenters. The molecule has 4 heteroatoms. The number of aliphatic hydroxyl groups excluding tert-OH is 3. The predicted octanol–water partition coefficient (Wildman–Crippen LogP) is -0.0197. The van der Waals surface area contributed by atoms with E-state index < -0.39 is 0 Å². The van der Waals surface area contributed by atoms with Gasteiger partial charge < -0.3 is 19.8 Å². The molecule has 0 radical (unpaired) electrons. The second-order valence-electron chi connectivity index (χ2n) is 4.33. The van der Waals surface area contributed by atoms with Crippen molar-refractivity contribution in [2.75, 3.05) is 39.5 Å². The fourth-order valence-electron chi connectivity index (χ4n) is 2.18. The number of aliphatic hydroxyl groups is 3. The van der Waals surface area contributed by atoms with Gasteiger partial charge in [0.2, 0.25) is 0 Å². The molecule has 0 amide bonds. The van der Waals surface area contributed by atoms with Gasteiger partial charge in [0.25, 0.3) is 0 Å². The molecule has 0 heterocycles. The third-order valence-electron chi connectivity index (χ3n) is 3.08. The summed E-state index contributed by atoms with van der Waals surface area (Å²) in [4.78, 5) is 0. The fraction of sp³-hybridized carbons (Fsp3) is 0.538. The highest BCUT2D eigenvalue weighted by Crippen LogP contribution is 2.13. The zero-order chi connectivity index (χ0) is 12.6. The van der Waals surface area contributed by atoms with Crippen LogP contribution in [-0.2, 0) is 6.54 Å². The minimum absolute atomic E-state index is 0.0623. The van der Waals surface area contributed by atoms with Crippen molar-refractivity contribution in [2.24, 2.45) is 0 Å². The van der Waals surface area contributed by atoms with Crippen molar-refractivity contribution in [3.8, 4) is 0 Å². The average molecular weight is 240 g/mol. The van der Waals surface area contributed by atoms with E-state index in [-0.39, 0.29) is 19.8 Å². The quantitative estimate of drug-likeness (QED) is 0.560. The molecule has 0 aliphatic carbocycles. The number of benzene rings is 1. The molecule has 0 spiro atoms. The lowest BCUT2D eigenvalue weighted by atomic mass is 10.1. The van der Waals surface area contributed by atoms with Gasteiger partial charge in [-0.3, -0.25) is 0 Å². The lowest BCUT2D eigenvalue weighted by Crippen LogP contribution is -2.52. The lowest BCUT2D eigenvalue weighted by Gasteiger charge is -2.37. The summed E-state index contributed by atoms with van der Waals surface area (Å²) in [6.45, 7) is 2.57. The molecule has 0 aromatic heterocycles. The molecule has 96 valence electrons. The van der Waals surface area contributed by atoms with Crippen molar-refractivity contribution in [3.05, 3.63) is 35.9 Å². The van der Waals surface area contributed by atoms with Crippen LogP contribution in [-0.4, -0.2) is 59.3 Å². The van der Waals surface area contributed by atoms with Gasteiger partial charge in [-0.2, -0.15) is 0 Å². The van der Waals surface area contributed by atoms with Crippen LogP contribution in [0.3, 0.4) is 0 Å². The van der Waals surface area contributed by atoms with Crippen molar-refractivity contribution in [2.45, 2.75) is 6.54 Å². The molecule has 1 rings (SSSR count). The van der Waals surface area contributed by atoms with Crippen LogP contribution in [0, 0.1) is 0 Å². The van der Waals surface area contributed by atoms with E-state index >= 15 is 0 Å². The van der Waals surface area contributed by atoms with Gasteiger partial charge in [0.05, 0.1) is 19.8 Å². The second kappa shape index (κ2) is 7.40. The summed E-state index contributed by atoms with van der Waals surface area (Å²) in [6.07, 6.45) is 0. The first-order chi connectivity index (χ1) is 8.26. The van der Waals surface area contributed by atoms with Crippen LogP contribution in [0.1, 0.15) is 5.56 Å². The summed E-state index contributed by atoms with van der Waals surface area (Å²) >= 11 is 0. The van der Waals surface area contributed by atoms with Crippen molar-refractivity contribution < 1.29 is 19.8 Å². The van der Waals surface area contributed by atoms with E-state index in [9.17, 15) is 0 Å². The van der Waals surface area contributed by atoms with Crippen LogP contribution in [0.5, 0.6) is 0 Å². The summed E-state index contributed by atoms with van der Waals surface area (Å²) in [5, 5.41) is 27.5. The fourth-order valence-corrected chi connectivity index (χ4v) is 2.18. The van der Waals surface area contributed by atoms with Crippen LogP contribution in [0.25, 0.3) is 0 Å². The Morgan fingerprint density at radius 3 is 1.65 bits per heavy atom. The zero-order valence-corrected chi connectivity index (χ0v) is 10.1. The molecule has 0 aliphatic heterocycles. The Labute approximate surface area is 102 Å². The van der Waals surface area contributed by atoms with Gasteiger partial charge in [-0.05, 0) is 0 Å². The van der Waals surface area contributed by atoms with Crippen LogP contribution >= 0.6 is 0 Å². The summed E-state index contributed by atoms with van der Waals surface area (Å²) in [5.74, 6) is 0. The number of rotatable bonds is 8. The standard InChI is InChI=1S/C13H22NO3/c15-9-6-14(7-10-16,8-11-17)12-13-4-2-1-3-5-13/h1-5,15-17H,6-12H2/q+1. The maximum Gasteiger partial charge on any atom is 0.105 e. The molecule has 0 bridgehead atoms. The van der Waals surface area contributed by atoms with Gasteiger partial charge in [-0.25, -0.2) is 0 Å². The molecule has 3 N–H and O–H groups in total. The lowest BCUT2D eigenvalue weighted by molar-refractivity contribution is -0.941. The highest BCUT2D eigenvalue weighted by atomic mass is 16.3.